The van der Waals surface area contributed by atoms with Crippen LogP contribution in [0.15, 0.2) is 12.1 Å². The highest BCUT2D eigenvalue weighted by atomic mass is 19.3. The molecule has 2 N–H and O–H groups in total. The van der Waals surface area contributed by atoms with E-state index in [4.69, 9.17) is 14.2 Å². The van der Waals surface area contributed by atoms with Gasteiger partial charge in [0.1, 0.15) is 11.8 Å². The minimum absolute atomic E-state index is 0.162. The van der Waals surface area contributed by atoms with E-state index in [1.54, 1.807) is 12.1 Å². The van der Waals surface area contributed by atoms with Crippen LogP contribution in [0, 0.1) is 11.3 Å². The number of H-pyrrole nitrogens is 1. The van der Waals surface area contributed by atoms with Gasteiger partial charge < -0.3 is 24.5 Å². The summed E-state index contributed by atoms with van der Waals surface area (Å²) in [6.07, 6.45) is -1.94. The van der Waals surface area contributed by atoms with Crippen LogP contribution in [0.4, 0.5) is 8.78 Å². The Morgan fingerprint density at radius 3 is 2.37 bits per heavy atom. The number of nitriles is 1. The molecule has 6 nitrogen and oxygen atoms in total. The molecule has 0 aliphatic rings. The van der Waals surface area contributed by atoms with E-state index in [1.807, 2.05) is 13.0 Å². The summed E-state index contributed by atoms with van der Waals surface area (Å²) in [7, 11) is 4.35. The van der Waals surface area contributed by atoms with Crippen molar-refractivity contribution in [1.82, 2.24) is 10.3 Å². The van der Waals surface area contributed by atoms with E-state index < -0.39 is 6.43 Å². The van der Waals surface area contributed by atoms with Gasteiger partial charge in [0.05, 0.1) is 26.9 Å². The maximum absolute atomic E-state index is 13.8. The number of aromatic nitrogens is 1. The van der Waals surface area contributed by atoms with Gasteiger partial charge in [0.2, 0.25) is 5.75 Å². The number of benzene rings is 1. The third kappa shape index (κ3) is 3.98. The van der Waals surface area contributed by atoms with Crippen LogP contribution in [-0.2, 0) is 6.54 Å². The van der Waals surface area contributed by atoms with Crippen LogP contribution in [-0.4, -0.2) is 32.9 Å². The Labute approximate surface area is 157 Å². The molecule has 0 atom stereocenters. The van der Waals surface area contributed by atoms with Crippen LogP contribution in [0.3, 0.4) is 0 Å². The zero-order valence-electron chi connectivity index (χ0n) is 15.8. The minimum Gasteiger partial charge on any atom is -0.493 e. The van der Waals surface area contributed by atoms with Crippen molar-refractivity contribution in [3.8, 4) is 34.4 Å². The maximum atomic E-state index is 13.8. The Morgan fingerprint density at radius 2 is 1.85 bits per heavy atom. The predicted octanol–water partition coefficient (Wildman–Crippen LogP) is 4.02. The quantitative estimate of drug-likeness (QED) is 0.644. The highest BCUT2D eigenvalue weighted by Crippen LogP contribution is 2.48. The lowest BCUT2D eigenvalue weighted by Gasteiger charge is -2.17. The van der Waals surface area contributed by atoms with Gasteiger partial charge in [-0.25, -0.2) is 8.78 Å². The Balaban J connectivity index is 2.76. The Morgan fingerprint density at radius 1 is 1.15 bits per heavy atom. The fraction of sp³-hybridized carbons (Fsp3) is 0.421. The average Bonchev–Trinajstić information content (AvgIpc) is 3.05. The molecule has 0 fully saturated rings. The van der Waals surface area contributed by atoms with Crippen molar-refractivity contribution in [3.63, 3.8) is 0 Å². The number of nitrogens with one attached hydrogen (secondary N) is 2. The van der Waals surface area contributed by atoms with Crippen molar-refractivity contribution < 1.29 is 23.0 Å². The second-order valence-electron chi connectivity index (χ2n) is 5.74. The van der Waals surface area contributed by atoms with Gasteiger partial charge in [-0.2, -0.15) is 5.26 Å². The van der Waals surface area contributed by atoms with Crippen LogP contribution in [0.25, 0.3) is 11.1 Å². The fourth-order valence-electron chi connectivity index (χ4n) is 3.00. The van der Waals surface area contributed by atoms with Gasteiger partial charge in [-0.15, -0.1) is 0 Å². The molecule has 1 heterocycles. The van der Waals surface area contributed by atoms with E-state index >= 15 is 0 Å². The van der Waals surface area contributed by atoms with Crippen LogP contribution < -0.4 is 19.5 Å². The van der Waals surface area contributed by atoms with Crippen LogP contribution in [0.2, 0.25) is 0 Å². The molecule has 2 rings (SSSR count). The van der Waals surface area contributed by atoms with Crippen molar-refractivity contribution in [1.29, 1.82) is 5.26 Å². The van der Waals surface area contributed by atoms with Gasteiger partial charge >= 0.3 is 0 Å². The molecule has 1 aromatic carbocycles. The number of alkyl halides is 2. The first-order valence-electron chi connectivity index (χ1n) is 8.46. The lowest BCUT2D eigenvalue weighted by Crippen LogP contribution is -2.14. The van der Waals surface area contributed by atoms with E-state index in [0.717, 1.165) is 6.42 Å². The molecule has 0 spiro atoms. The van der Waals surface area contributed by atoms with E-state index in [9.17, 15) is 14.0 Å². The fourth-order valence-corrected chi connectivity index (χ4v) is 3.00. The van der Waals surface area contributed by atoms with Crippen molar-refractivity contribution in [2.24, 2.45) is 0 Å². The number of rotatable bonds is 9. The lowest BCUT2D eigenvalue weighted by molar-refractivity contribution is 0.152. The zero-order chi connectivity index (χ0) is 20.0. The molecule has 27 heavy (non-hydrogen) atoms. The van der Waals surface area contributed by atoms with Crippen molar-refractivity contribution in [2.45, 2.75) is 26.3 Å². The first-order chi connectivity index (χ1) is 13.0. The Kier molecular flexibility index (Phi) is 7.02. The van der Waals surface area contributed by atoms with Gasteiger partial charge in [-0.3, -0.25) is 0 Å². The minimum atomic E-state index is -2.83. The van der Waals surface area contributed by atoms with E-state index in [2.05, 4.69) is 10.3 Å². The molecule has 0 unspecified atom stereocenters. The summed E-state index contributed by atoms with van der Waals surface area (Å²) >= 11 is 0. The van der Waals surface area contributed by atoms with Gasteiger partial charge in [-0.05, 0) is 25.1 Å². The second-order valence-corrected chi connectivity index (χ2v) is 5.74. The molecule has 146 valence electrons. The van der Waals surface area contributed by atoms with E-state index in [1.165, 1.54) is 21.3 Å². The largest absolute Gasteiger partial charge is 0.493 e. The lowest BCUT2D eigenvalue weighted by atomic mass is 9.98. The molecular weight excluding hydrogens is 356 g/mol. The molecule has 0 saturated heterocycles. The number of hydrogen-bond acceptors (Lipinski definition) is 5. The van der Waals surface area contributed by atoms with Gasteiger partial charge in [0, 0.05) is 23.4 Å². The SMILES string of the molecule is CCCNCc1[nH]c(C#N)c(C(F)F)c1-c1ccc(OC)c(OC)c1OC. The summed E-state index contributed by atoms with van der Waals surface area (Å²) in [4.78, 5) is 2.82. The summed E-state index contributed by atoms with van der Waals surface area (Å²) < 4.78 is 43.8. The molecule has 0 saturated carbocycles. The maximum Gasteiger partial charge on any atom is 0.267 e. The molecule has 0 aliphatic heterocycles. The van der Waals surface area contributed by atoms with Crippen molar-refractivity contribution in [3.05, 3.63) is 29.1 Å². The van der Waals surface area contributed by atoms with Crippen LogP contribution in [0.1, 0.15) is 36.7 Å². The Bertz CT molecular complexity index is 829. The van der Waals surface area contributed by atoms with Gasteiger partial charge in [-0.1, -0.05) is 6.92 Å². The topological polar surface area (TPSA) is 79.3 Å². The summed E-state index contributed by atoms with van der Waals surface area (Å²) in [6, 6.07) is 5.07. The normalized spacial score (nSPS) is 10.7. The summed E-state index contributed by atoms with van der Waals surface area (Å²) in [5, 5.41) is 12.5. The second kappa shape index (κ2) is 9.24. The molecule has 1 aromatic heterocycles. The monoisotopic (exact) mass is 379 g/mol. The number of methoxy groups -OCH3 is 3. The van der Waals surface area contributed by atoms with Crippen LogP contribution >= 0.6 is 0 Å². The Hall–Kier alpha value is -2.79. The summed E-state index contributed by atoms with van der Waals surface area (Å²) in [5.74, 6) is 0.974. The highest BCUT2D eigenvalue weighted by molar-refractivity contribution is 5.81. The highest BCUT2D eigenvalue weighted by Gasteiger charge is 2.29. The average molecular weight is 379 g/mol. The summed E-state index contributed by atoms with van der Waals surface area (Å²) in [5.41, 5.74) is 0.613. The van der Waals surface area contributed by atoms with Gasteiger partial charge in [0.15, 0.2) is 11.5 Å². The van der Waals surface area contributed by atoms with E-state index in [-0.39, 0.29) is 22.6 Å². The zero-order valence-corrected chi connectivity index (χ0v) is 15.8. The predicted molar refractivity (Wildman–Crippen MR) is 97.6 cm³/mol. The first-order valence-corrected chi connectivity index (χ1v) is 8.46. The van der Waals surface area contributed by atoms with Gasteiger partial charge in [0.25, 0.3) is 6.43 Å². The number of hydrogen-bond donors (Lipinski definition) is 2. The third-order valence-electron chi connectivity index (χ3n) is 4.15. The molecule has 2 aromatic rings. The third-order valence-corrected chi connectivity index (χ3v) is 4.15. The molecule has 0 radical (unpaired) electrons. The smallest absolute Gasteiger partial charge is 0.267 e. The first kappa shape index (κ1) is 20.5. The number of halogens is 2. The van der Waals surface area contributed by atoms with Crippen molar-refractivity contribution in [2.75, 3.05) is 27.9 Å². The molecular formula is C19H23F2N3O3. The van der Waals surface area contributed by atoms with Crippen LogP contribution in [0.5, 0.6) is 17.2 Å². The number of nitrogens with zero attached hydrogens (tertiary/aromatic N) is 1. The molecule has 8 heteroatoms. The molecule has 0 amide bonds. The van der Waals surface area contributed by atoms with E-state index in [0.29, 0.717) is 35.8 Å². The van der Waals surface area contributed by atoms with Crippen molar-refractivity contribution >= 4 is 0 Å². The number of aromatic amines is 1. The number of ether oxygens (including phenoxy) is 3. The standard InChI is InChI=1S/C19H23F2N3O3/c1-5-8-23-10-13-15(16(19(20)21)12(9-22)24-13)11-6-7-14(25-2)18(27-4)17(11)26-3/h6-7,19,23-24H,5,8,10H2,1-4H3. The molecule has 0 aliphatic carbocycles. The summed E-state index contributed by atoms with van der Waals surface area (Å²) in [6.45, 7) is 3.03. The molecule has 0 bridgehead atoms.